The van der Waals surface area contributed by atoms with Gasteiger partial charge in [-0.05, 0) is 58.7 Å². The van der Waals surface area contributed by atoms with Crippen LogP contribution in [0.3, 0.4) is 0 Å². The summed E-state index contributed by atoms with van der Waals surface area (Å²) >= 11 is 1.57. The van der Waals surface area contributed by atoms with Gasteiger partial charge in [-0.3, -0.25) is 10.1 Å². The molecule has 7 nitrogen and oxygen atoms in total. The van der Waals surface area contributed by atoms with Gasteiger partial charge < -0.3 is 5.32 Å². The Labute approximate surface area is 174 Å². The molecule has 4 rings (SSSR count). The van der Waals surface area contributed by atoms with E-state index in [9.17, 15) is 4.79 Å². The molecule has 0 saturated carbocycles. The minimum Gasteiger partial charge on any atom is -0.317 e. The summed E-state index contributed by atoms with van der Waals surface area (Å²) in [6, 6.07) is 1.99. The fourth-order valence-electron chi connectivity index (χ4n) is 3.51. The molecule has 0 atom stereocenters. The molecule has 0 aromatic carbocycles. The average molecular weight is 421 g/mol. The van der Waals surface area contributed by atoms with Gasteiger partial charge in [-0.1, -0.05) is 0 Å². The van der Waals surface area contributed by atoms with Crippen LogP contribution in [0, 0.1) is 6.92 Å². The Morgan fingerprint density at radius 3 is 2.79 bits per heavy atom. The molecule has 2 N–H and O–H groups in total. The van der Waals surface area contributed by atoms with Crippen molar-refractivity contribution in [2.45, 2.75) is 45.6 Å². The first kappa shape index (κ1) is 20.7. The minimum absolute atomic E-state index is 0. The molecule has 1 saturated heterocycles. The highest BCUT2D eigenvalue weighted by Crippen LogP contribution is 2.32. The van der Waals surface area contributed by atoms with Crippen LogP contribution in [0.4, 0.5) is 5.13 Å². The highest BCUT2D eigenvalue weighted by Gasteiger charge is 2.20. The van der Waals surface area contributed by atoms with Crippen molar-refractivity contribution >= 4 is 45.8 Å². The number of hydrogen-bond donors (Lipinski definition) is 2. The molecule has 3 aromatic heterocycles. The molecule has 3 aromatic rings. The second-order valence-electron chi connectivity index (χ2n) is 7.28. The molecule has 0 bridgehead atoms. The molecule has 4 heterocycles. The normalized spacial score (nSPS) is 15.0. The van der Waals surface area contributed by atoms with Crippen LogP contribution in [-0.4, -0.2) is 38.7 Å². The number of pyridine rings is 1. The Morgan fingerprint density at radius 2 is 2.07 bits per heavy atom. The highest BCUT2D eigenvalue weighted by molar-refractivity contribution is 7.15. The zero-order valence-electron chi connectivity index (χ0n) is 16.2. The lowest BCUT2D eigenvalue weighted by Gasteiger charge is -2.20. The van der Waals surface area contributed by atoms with Gasteiger partial charge in [-0.15, -0.1) is 23.7 Å². The molecular weight excluding hydrogens is 396 g/mol. The van der Waals surface area contributed by atoms with Gasteiger partial charge in [0.25, 0.3) is 5.91 Å². The first-order valence-corrected chi connectivity index (χ1v) is 10.2. The van der Waals surface area contributed by atoms with Crippen LogP contribution in [0.2, 0.25) is 0 Å². The van der Waals surface area contributed by atoms with Crippen molar-refractivity contribution in [3.63, 3.8) is 0 Å². The van der Waals surface area contributed by atoms with E-state index >= 15 is 0 Å². The SMILES string of the molecule is Cc1cc(C(=O)Nc2ncc(C3CCNCC3)s2)c2cnn(C(C)C)c2n1.Cl. The Balaban J connectivity index is 0.00000225. The van der Waals surface area contributed by atoms with E-state index in [1.165, 1.54) is 4.88 Å². The lowest BCUT2D eigenvalue weighted by molar-refractivity contribution is 0.102. The highest BCUT2D eigenvalue weighted by atomic mass is 35.5. The number of carbonyl (C=O) groups is 1. The number of aromatic nitrogens is 4. The molecule has 1 fully saturated rings. The second kappa shape index (κ2) is 8.55. The Hall–Kier alpha value is -2.03. The number of amides is 1. The first-order chi connectivity index (χ1) is 13.0. The average Bonchev–Trinajstić information content (AvgIpc) is 3.28. The number of rotatable bonds is 4. The molecule has 150 valence electrons. The third-order valence-corrected chi connectivity index (χ3v) is 5.99. The third-order valence-electron chi connectivity index (χ3n) is 4.91. The van der Waals surface area contributed by atoms with E-state index in [0.717, 1.165) is 42.7 Å². The van der Waals surface area contributed by atoms with Gasteiger partial charge in [0.15, 0.2) is 10.8 Å². The van der Waals surface area contributed by atoms with Gasteiger partial charge in [0, 0.05) is 22.8 Å². The number of halogens is 1. The van der Waals surface area contributed by atoms with Crippen LogP contribution in [0.5, 0.6) is 0 Å². The van der Waals surface area contributed by atoms with E-state index in [1.54, 1.807) is 17.5 Å². The van der Waals surface area contributed by atoms with Crippen LogP contribution >= 0.6 is 23.7 Å². The van der Waals surface area contributed by atoms with Gasteiger partial charge >= 0.3 is 0 Å². The molecule has 28 heavy (non-hydrogen) atoms. The number of nitrogens with zero attached hydrogens (tertiary/aromatic N) is 4. The Morgan fingerprint density at radius 1 is 1.32 bits per heavy atom. The quantitative estimate of drug-likeness (QED) is 0.668. The van der Waals surface area contributed by atoms with Crippen LogP contribution in [0.1, 0.15) is 59.6 Å². The molecule has 0 unspecified atom stereocenters. The molecule has 1 aliphatic rings. The summed E-state index contributed by atoms with van der Waals surface area (Å²) in [5.41, 5.74) is 2.12. The smallest absolute Gasteiger partial charge is 0.258 e. The summed E-state index contributed by atoms with van der Waals surface area (Å²) in [5.74, 6) is 0.369. The number of anilines is 1. The summed E-state index contributed by atoms with van der Waals surface area (Å²) < 4.78 is 1.84. The number of carbonyl (C=O) groups excluding carboxylic acids is 1. The predicted octanol–water partition coefficient (Wildman–Crippen LogP) is 3.92. The molecule has 0 radical (unpaired) electrons. The van der Waals surface area contributed by atoms with Crippen LogP contribution in [0.15, 0.2) is 18.5 Å². The Kier molecular flexibility index (Phi) is 6.32. The topological polar surface area (TPSA) is 84.7 Å². The van der Waals surface area contributed by atoms with E-state index in [4.69, 9.17) is 0 Å². The Bertz CT molecular complexity index is 976. The largest absolute Gasteiger partial charge is 0.317 e. The summed E-state index contributed by atoms with van der Waals surface area (Å²) in [4.78, 5) is 23.2. The van der Waals surface area contributed by atoms with E-state index < -0.39 is 0 Å². The second-order valence-corrected chi connectivity index (χ2v) is 8.34. The van der Waals surface area contributed by atoms with Gasteiger partial charge in [-0.2, -0.15) is 5.10 Å². The molecule has 0 spiro atoms. The maximum Gasteiger partial charge on any atom is 0.258 e. The fourth-order valence-corrected chi connectivity index (χ4v) is 4.49. The number of piperidine rings is 1. The maximum atomic E-state index is 12.9. The summed E-state index contributed by atoms with van der Waals surface area (Å²) in [5, 5.41) is 12.2. The summed E-state index contributed by atoms with van der Waals surface area (Å²) in [6.07, 6.45) is 5.86. The van der Waals surface area contributed by atoms with Crippen molar-refractivity contribution in [3.8, 4) is 0 Å². The molecular formula is C19H25ClN6OS. The number of nitrogens with one attached hydrogen (secondary N) is 2. The van der Waals surface area contributed by atoms with Gasteiger partial charge in [0.2, 0.25) is 0 Å². The van der Waals surface area contributed by atoms with Crippen molar-refractivity contribution in [2.75, 3.05) is 18.4 Å². The number of hydrogen-bond acceptors (Lipinski definition) is 6. The van der Waals surface area contributed by atoms with Crippen LogP contribution in [0.25, 0.3) is 11.0 Å². The number of aryl methyl sites for hydroxylation is 1. The summed E-state index contributed by atoms with van der Waals surface area (Å²) in [7, 11) is 0. The zero-order valence-corrected chi connectivity index (χ0v) is 17.9. The van der Waals surface area contributed by atoms with Gasteiger partial charge in [0.1, 0.15) is 0 Å². The zero-order chi connectivity index (χ0) is 19.0. The standard InChI is InChI=1S/C19H24N6OS.ClH/c1-11(2)25-17-15(9-22-25)14(8-12(3)23-17)18(26)24-19-21-10-16(27-19)13-4-6-20-7-5-13;/h8-11,13,20H,4-7H2,1-3H3,(H,21,24,26);1H. The van der Waals surface area contributed by atoms with Crippen molar-refractivity contribution < 1.29 is 4.79 Å². The predicted molar refractivity (Wildman–Crippen MR) is 115 cm³/mol. The van der Waals surface area contributed by atoms with Crippen molar-refractivity contribution in [2.24, 2.45) is 0 Å². The van der Waals surface area contributed by atoms with E-state index in [-0.39, 0.29) is 24.4 Å². The van der Waals surface area contributed by atoms with E-state index in [2.05, 4.69) is 25.7 Å². The monoisotopic (exact) mass is 420 g/mol. The number of thiazole rings is 1. The van der Waals surface area contributed by atoms with Crippen LogP contribution < -0.4 is 10.6 Å². The van der Waals surface area contributed by atoms with Gasteiger partial charge in [0.05, 0.1) is 17.1 Å². The minimum atomic E-state index is -0.167. The van der Waals surface area contributed by atoms with E-state index in [0.29, 0.717) is 16.6 Å². The van der Waals surface area contributed by atoms with Crippen molar-refractivity contribution in [1.82, 2.24) is 25.1 Å². The lowest BCUT2D eigenvalue weighted by Crippen LogP contribution is -2.26. The lowest BCUT2D eigenvalue weighted by atomic mass is 9.97. The van der Waals surface area contributed by atoms with Crippen molar-refractivity contribution in [1.29, 1.82) is 0 Å². The van der Waals surface area contributed by atoms with E-state index in [1.807, 2.05) is 37.7 Å². The van der Waals surface area contributed by atoms with Gasteiger partial charge in [-0.25, -0.2) is 14.6 Å². The fraction of sp³-hybridized carbons (Fsp3) is 0.474. The molecule has 1 aliphatic heterocycles. The third kappa shape index (κ3) is 4.04. The first-order valence-electron chi connectivity index (χ1n) is 9.35. The summed E-state index contributed by atoms with van der Waals surface area (Å²) in [6.45, 7) is 8.07. The van der Waals surface area contributed by atoms with Crippen LogP contribution in [-0.2, 0) is 0 Å². The molecule has 9 heteroatoms. The number of fused-ring (bicyclic) bond motifs is 1. The molecule has 0 aliphatic carbocycles. The van der Waals surface area contributed by atoms with Crippen molar-refractivity contribution in [3.05, 3.63) is 34.6 Å². The maximum absolute atomic E-state index is 12.9. The molecule has 1 amide bonds.